The molecule has 1 aromatic heterocycles. The summed E-state index contributed by atoms with van der Waals surface area (Å²) >= 11 is 1.16. The molecule has 4 N–H and O–H groups in total. The molecule has 0 unspecified atom stereocenters. The highest BCUT2D eigenvalue weighted by Gasteiger charge is 2.33. The van der Waals surface area contributed by atoms with E-state index in [4.69, 9.17) is 5.73 Å². The average molecular weight is 430 g/mol. The van der Waals surface area contributed by atoms with E-state index in [1.807, 2.05) is 0 Å². The van der Waals surface area contributed by atoms with Gasteiger partial charge in [-0.25, -0.2) is 8.42 Å². The number of sulfonamides is 1. The van der Waals surface area contributed by atoms with Crippen LogP contribution >= 0.6 is 23.7 Å². The van der Waals surface area contributed by atoms with Crippen LogP contribution in [0.4, 0.5) is 5.69 Å². The van der Waals surface area contributed by atoms with Crippen LogP contribution in [0.5, 0.6) is 0 Å². The lowest BCUT2D eigenvalue weighted by Gasteiger charge is -2.28. The molecule has 0 spiro atoms. The molecule has 3 rings (SSSR count). The zero-order valence-corrected chi connectivity index (χ0v) is 17.3. The SMILES string of the molecule is Cl.NCC1(NC(=O)Cc2ccc(NS(=O)(=O)c3cccs3)cc2)CCCC1. The van der Waals surface area contributed by atoms with Crippen molar-refractivity contribution in [2.45, 2.75) is 41.9 Å². The Balaban J connectivity index is 0.00000261. The molecule has 0 saturated heterocycles. The van der Waals surface area contributed by atoms with E-state index in [1.165, 1.54) is 0 Å². The molecular weight excluding hydrogens is 406 g/mol. The smallest absolute Gasteiger partial charge is 0.271 e. The van der Waals surface area contributed by atoms with Gasteiger partial charge in [0, 0.05) is 12.2 Å². The van der Waals surface area contributed by atoms with E-state index < -0.39 is 10.0 Å². The van der Waals surface area contributed by atoms with Crippen molar-refractivity contribution in [2.75, 3.05) is 11.3 Å². The van der Waals surface area contributed by atoms with Crippen LogP contribution in [0.3, 0.4) is 0 Å². The fourth-order valence-electron chi connectivity index (χ4n) is 3.27. The fraction of sp³-hybridized carbons (Fsp3) is 0.389. The first-order valence-corrected chi connectivity index (χ1v) is 11.0. The molecular formula is C18H24ClN3O3S2. The van der Waals surface area contributed by atoms with Gasteiger partial charge in [0.1, 0.15) is 4.21 Å². The number of nitrogens with two attached hydrogens (primary N) is 1. The number of nitrogens with one attached hydrogen (secondary N) is 2. The first kappa shape index (κ1) is 21.7. The Kier molecular flexibility index (Phi) is 7.27. The first-order chi connectivity index (χ1) is 12.4. The van der Waals surface area contributed by atoms with Crippen molar-refractivity contribution >= 4 is 45.4 Å². The third-order valence-electron chi connectivity index (χ3n) is 4.69. The van der Waals surface area contributed by atoms with Gasteiger partial charge in [0.05, 0.1) is 12.0 Å². The summed E-state index contributed by atoms with van der Waals surface area (Å²) in [7, 11) is -3.56. The second-order valence-corrected chi connectivity index (χ2v) is 9.51. The van der Waals surface area contributed by atoms with Crippen molar-refractivity contribution in [1.29, 1.82) is 0 Å². The van der Waals surface area contributed by atoms with Gasteiger partial charge in [-0.2, -0.15) is 0 Å². The van der Waals surface area contributed by atoms with E-state index in [0.29, 0.717) is 12.2 Å². The maximum absolute atomic E-state index is 12.3. The summed E-state index contributed by atoms with van der Waals surface area (Å²) in [6.45, 7) is 0.460. The Bertz CT molecular complexity index is 846. The normalized spacial score (nSPS) is 15.7. The van der Waals surface area contributed by atoms with Crippen LogP contribution in [-0.2, 0) is 21.2 Å². The number of carbonyl (C=O) groups excluding carboxylic acids is 1. The number of hydrogen-bond acceptors (Lipinski definition) is 5. The van der Waals surface area contributed by atoms with E-state index in [1.54, 1.807) is 41.8 Å². The standard InChI is InChI=1S/C18H23N3O3S2.ClH/c19-13-18(9-1-2-10-18)20-16(22)12-14-5-7-15(8-6-14)21-26(23,24)17-4-3-11-25-17;/h3-8,11,21H,1-2,9-10,12-13,19H2,(H,20,22);1H. The zero-order chi connectivity index (χ0) is 18.6. The molecule has 1 saturated carbocycles. The minimum Gasteiger partial charge on any atom is -0.349 e. The van der Waals surface area contributed by atoms with E-state index in [9.17, 15) is 13.2 Å². The van der Waals surface area contributed by atoms with E-state index in [2.05, 4.69) is 10.0 Å². The highest BCUT2D eigenvalue weighted by molar-refractivity contribution is 7.94. The van der Waals surface area contributed by atoms with Crippen molar-refractivity contribution < 1.29 is 13.2 Å². The Labute approximate surface area is 170 Å². The summed E-state index contributed by atoms with van der Waals surface area (Å²) in [5.41, 5.74) is 6.89. The lowest BCUT2D eigenvalue weighted by molar-refractivity contribution is -0.122. The van der Waals surface area contributed by atoms with Gasteiger partial charge < -0.3 is 11.1 Å². The summed E-state index contributed by atoms with van der Waals surface area (Å²) in [5, 5.41) is 4.80. The van der Waals surface area contributed by atoms with Gasteiger partial charge in [0.2, 0.25) is 5.91 Å². The number of amides is 1. The molecule has 0 atom stereocenters. The average Bonchev–Trinajstić information content (AvgIpc) is 3.29. The molecule has 0 aliphatic heterocycles. The van der Waals surface area contributed by atoms with Gasteiger partial charge in [-0.3, -0.25) is 9.52 Å². The number of halogens is 1. The molecule has 0 bridgehead atoms. The molecule has 0 radical (unpaired) electrons. The largest absolute Gasteiger partial charge is 0.349 e. The van der Waals surface area contributed by atoms with Gasteiger partial charge in [-0.15, -0.1) is 23.7 Å². The topological polar surface area (TPSA) is 101 Å². The Morgan fingerprint density at radius 2 is 1.81 bits per heavy atom. The highest BCUT2D eigenvalue weighted by Crippen LogP contribution is 2.28. The first-order valence-electron chi connectivity index (χ1n) is 8.59. The van der Waals surface area contributed by atoms with Crippen LogP contribution in [0.25, 0.3) is 0 Å². The predicted molar refractivity (Wildman–Crippen MR) is 111 cm³/mol. The molecule has 1 amide bonds. The molecule has 27 heavy (non-hydrogen) atoms. The number of carbonyl (C=O) groups is 1. The highest BCUT2D eigenvalue weighted by atomic mass is 35.5. The quantitative estimate of drug-likeness (QED) is 0.629. The second-order valence-electron chi connectivity index (χ2n) is 6.65. The number of hydrogen-bond donors (Lipinski definition) is 3. The van der Waals surface area contributed by atoms with Crippen LogP contribution in [0.15, 0.2) is 46.0 Å². The molecule has 1 aliphatic carbocycles. The summed E-state index contributed by atoms with van der Waals surface area (Å²) in [4.78, 5) is 12.3. The van der Waals surface area contributed by atoms with Crippen molar-refractivity contribution in [3.05, 3.63) is 47.3 Å². The molecule has 1 aliphatic rings. The summed E-state index contributed by atoms with van der Waals surface area (Å²) in [6.07, 6.45) is 4.30. The molecule has 1 heterocycles. The van der Waals surface area contributed by atoms with Crippen LogP contribution < -0.4 is 15.8 Å². The second kappa shape index (κ2) is 9.05. The van der Waals surface area contributed by atoms with Crippen LogP contribution in [-0.4, -0.2) is 26.4 Å². The summed E-state index contributed by atoms with van der Waals surface area (Å²) in [5.74, 6) is -0.0516. The van der Waals surface area contributed by atoms with Gasteiger partial charge >= 0.3 is 0 Å². The number of rotatable bonds is 7. The summed E-state index contributed by atoms with van der Waals surface area (Å²) < 4.78 is 27.2. The van der Waals surface area contributed by atoms with Gasteiger partial charge in [-0.1, -0.05) is 31.0 Å². The number of anilines is 1. The third kappa shape index (κ3) is 5.44. The van der Waals surface area contributed by atoms with E-state index in [-0.39, 0.29) is 34.5 Å². The molecule has 1 fully saturated rings. The van der Waals surface area contributed by atoms with E-state index in [0.717, 1.165) is 42.6 Å². The molecule has 9 heteroatoms. The fourth-order valence-corrected chi connectivity index (χ4v) is 5.32. The van der Waals surface area contributed by atoms with Crippen LogP contribution in [0.1, 0.15) is 31.2 Å². The minimum absolute atomic E-state index is 0. The molecule has 148 valence electrons. The maximum atomic E-state index is 12.3. The Hall–Kier alpha value is -1.61. The van der Waals surface area contributed by atoms with Gasteiger partial charge in [0.25, 0.3) is 10.0 Å². The maximum Gasteiger partial charge on any atom is 0.271 e. The van der Waals surface area contributed by atoms with Gasteiger partial charge in [-0.05, 0) is 42.0 Å². The van der Waals surface area contributed by atoms with Crippen LogP contribution in [0.2, 0.25) is 0 Å². The monoisotopic (exact) mass is 429 g/mol. The number of thiophene rings is 1. The van der Waals surface area contributed by atoms with Crippen LogP contribution in [0, 0.1) is 0 Å². The Morgan fingerprint density at radius 1 is 1.15 bits per heavy atom. The van der Waals surface area contributed by atoms with Crippen molar-refractivity contribution in [2.24, 2.45) is 5.73 Å². The zero-order valence-electron chi connectivity index (χ0n) is 14.8. The third-order valence-corrected chi connectivity index (χ3v) is 7.47. The Morgan fingerprint density at radius 3 is 2.37 bits per heavy atom. The lowest BCUT2D eigenvalue weighted by atomic mass is 9.97. The molecule has 6 nitrogen and oxygen atoms in total. The van der Waals surface area contributed by atoms with Crippen molar-refractivity contribution in [3.8, 4) is 0 Å². The minimum atomic E-state index is -3.56. The summed E-state index contributed by atoms with van der Waals surface area (Å²) in [6, 6.07) is 10.1. The molecule has 2 aromatic rings. The molecule has 1 aromatic carbocycles. The van der Waals surface area contributed by atoms with E-state index >= 15 is 0 Å². The number of benzene rings is 1. The van der Waals surface area contributed by atoms with Crippen molar-refractivity contribution in [3.63, 3.8) is 0 Å². The van der Waals surface area contributed by atoms with Gasteiger partial charge in [0.15, 0.2) is 0 Å². The predicted octanol–water partition coefficient (Wildman–Crippen LogP) is 2.90. The lowest BCUT2D eigenvalue weighted by Crippen LogP contribution is -2.52. The van der Waals surface area contributed by atoms with Crippen molar-refractivity contribution in [1.82, 2.24) is 5.32 Å².